The van der Waals surface area contributed by atoms with E-state index in [0.29, 0.717) is 22.3 Å². The maximum atomic E-state index is 12.9. The normalized spacial score (nSPS) is 11.2. The number of hydrogen-bond donors (Lipinski definition) is 2. The molecular weight excluding hydrogens is 439 g/mol. The largest absolute Gasteiger partial charge is 0.457 e. The first-order valence-electron chi connectivity index (χ1n) is 9.38. The lowest BCUT2D eigenvalue weighted by Crippen LogP contribution is -2.08. The average Bonchev–Trinajstić information content (AvgIpc) is 3.14. The minimum Gasteiger partial charge on any atom is -0.457 e. The third kappa shape index (κ3) is 4.89. The van der Waals surface area contributed by atoms with Gasteiger partial charge in [0, 0.05) is 11.3 Å². The first-order chi connectivity index (χ1) is 15.3. The molecule has 0 spiro atoms. The number of thiazole rings is 1. The minimum absolute atomic E-state index is 0.0519. The van der Waals surface area contributed by atoms with Crippen LogP contribution in [0.2, 0.25) is 0 Å². The molecule has 9 heteroatoms. The summed E-state index contributed by atoms with van der Waals surface area (Å²) in [5.74, 6) is 0.675. The van der Waals surface area contributed by atoms with Crippen LogP contribution in [0.1, 0.15) is 20.8 Å². The highest BCUT2D eigenvalue weighted by Gasteiger charge is 2.31. The molecule has 1 aromatic heterocycles. The standard InChI is InChI=1S/C23H16F3N3O2S/c24-23(25,26)15-6-4-5-14(13-15)19(30)20-21(27)29-22(32-20)28-16-9-11-18(12-10-16)31-17-7-2-1-3-8-17/h1-13H,27H2,(H,28,29). The van der Waals surface area contributed by atoms with Gasteiger partial charge < -0.3 is 15.8 Å². The van der Waals surface area contributed by atoms with Gasteiger partial charge in [-0.1, -0.05) is 41.7 Å². The number of alkyl halides is 3. The van der Waals surface area contributed by atoms with E-state index >= 15 is 0 Å². The number of ketones is 1. The van der Waals surface area contributed by atoms with Crippen molar-refractivity contribution in [1.29, 1.82) is 0 Å². The molecule has 0 aliphatic carbocycles. The quantitative estimate of drug-likeness (QED) is 0.324. The summed E-state index contributed by atoms with van der Waals surface area (Å²) in [4.78, 5) is 16.9. The Balaban J connectivity index is 1.48. The highest BCUT2D eigenvalue weighted by atomic mass is 32.1. The van der Waals surface area contributed by atoms with Crippen molar-refractivity contribution in [2.75, 3.05) is 11.1 Å². The number of nitrogens with one attached hydrogen (secondary N) is 1. The predicted octanol–water partition coefficient (Wildman–Crippen LogP) is 6.51. The Kier molecular flexibility index (Phi) is 5.83. The Labute approximate surface area is 185 Å². The first-order valence-corrected chi connectivity index (χ1v) is 10.2. The molecule has 5 nitrogen and oxygen atoms in total. The van der Waals surface area contributed by atoms with E-state index in [0.717, 1.165) is 23.5 Å². The number of rotatable bonds is 6. The molecule has 0 amide bonds. The number of nitrogen functional groups attached to an aromatic ring is 1. The van der Waals surface area contributed by atoms with E-state index in [1.165, 1.54) is 12.1 Å². The second-order valence-corrected chi connectivity index (χ2v) is 7.70. The van der Waals surface area contributed by atoms with Crippen molar-refractivity contribution in [3.05, 3.63) is 94.9 Å². The van der Waals surface area contributed by atoms with Gasteiger partial charge in [-0.3, -0.25) is 4.79 Å². The van der Waals surface area contributed by atoms with Gasteiger partial charge in [-0.25, -0.2) is 4.98 Å². The molecule has 3 aromatic carbocycles. The number of nitrogens with zero attached hydrogens (tertiary/aromatic N) is 1. The molecule has 3 N–H and O–H groups in total. The van der Waals surface area contributed by atoms with Crippen molar-refractivity contribution in [3.63, 3.8) is 0 Å². The zero-order valence-electron chi connectivity index (χ0n) is 16.4. The van der Waals surface area contributed by atoms with Crippen molar-refractivity contribution in [1.82, 2.24) is 4.98 Å². The van der Waals surface area contributed by atoms with Crippen molar-refractivity contribution in [3.8, 4) is 11.5 Å². The van der Waals surface area contributed by atoms with Crippen molar-refractivity contribution in [2.24, 2.45) is 0 Å². The molecule has 32 heavy (non-hydrogen) atoms. The first kappa shape index (κ1) is 21.4. The van der Waals surface area contributed by atoms with Crippen LogP contribution in [0, 0.1) is 0 Å². The lowest BCUT2D eigenvalue weighted by Gasteiger charge is -2.07. The third-order valence-corrected chi connectivity index (χ3v) is 5.38. The summed E-state index contributed by atoms with van der Waals surface area (Å²) in [5, 5.41) is 3.38. The van der Waals surface area contributed by atoms with Crippen LogP contribution in [0.5, 0.6) is 11.5 Å². The number of nitrogens with two attached hydrogens (primary N) is 1. The van der Waals surface area contributed by atoms with Crippen LogP contribution in [0.4, 0.5) is 29.8 Å². The number of aromatic nitrogens is 1. The topological polar surface area (TPSA) is 77.2 Å². The SMILES string of the molecule is Nc1nc(Nc2ccc(Oc3ccccc3)cc2)sc1C(=O)c1cccc(C(F)(F)F)c1. The van der Waals surface area contributed by atoms with Crippen LogP contribution < -0.4 is 15.8 Å². The number of anilines is 3. The average molecular weight is 455 g/mol. The van der Waals surface area contributed by atoms with E-state index in [2.05, 4.69) is 10.3 Å². The smallest absolute Gasteiger partial charge is 0.416 e. The van der Waals surface area contributed by atoms with E-state index in [-0.39, 0.29) is 16.3 Å². The summed E-state index contributed by atoms with van der Waals surface area (Å²) in [6, 6.07) is 20.6. The van der Waals surface area contributed by atoms with Crippen LogP contribution >= 0.6 is 11.3 Å². The van der Waals surface area contributed by atoms with Crippen LogP contribution in [0.15, 0.2) is 78.9 Å². The lowest BCUT2D eigenvalue weighted by molar-refractivity contribution is -0.137. The van der Waals surface area contributed by atoms with Gasteiger partial charge in [-0.05, 0) is 48.5 Å². The summed E-state index contributed by atoms with van der Waals surface area (Å²) >= 11 is 0.968. The molecule has 0 saturated carbocycles. The van der Waals surface area contributed by atoms with Crippen molar-refractivity contribution >= 4 is 33.8 Å². The fourth-order valence-corrected chi connectivity index (χ4v) is 3.74. The second-order valence-electron chi connectivity index (χ2n) is 6.71. The third-order valence-electron chi connectivity index (χ3n) is 4.40. The summed E-state index contributed by atoms with van der Waals surface area (Å²) in [5.41, 5.74) is 5.53. The van der Waals surface area contributed by atoms with Crippen LogP contribution in [0.3, 0.4) is 0 Å². The van der Waals surface area contributed by atoms with E-state index in [4.69, 9.17) is 10.5 Å². The summed E-state index contributed by atoms with van der Waals surface area (Å²) in [6.45, 7) is 0. The molecule has 0 fully saturated rings. The lowest BCUT2D eigenvalue weighted by atomic mass is 10.1. The molecule has 0 unspecified atom stereocenters. The molecule has 0 aliphatic rings. The summed E-state index contributed by atoms with van der Waals surface area (Å²) < 4.78 is 44.6. The number of hydrogen-bond acceptors (Lipinski definition) is 6. The van der Waals surface area contributed by atoms with Crippen molar-refractivity contribution in [2.45, 2.75) is 6.18 Å². The predicted molar refractivity (Wildman–Crippen MR) is 118 cm³/mol. The molecule has 0 saturated heterocycles. The molecule has 0 radical (unpaired) electrons. The van der Waals surface area contributed by atoms with Gasteiger partial charge in [0.1, 0.15) is 22.2 Å². The zero-order valence-corrected chi connectivity index (χ0v) is 17.2. The summed E-state index contributed by atoms with van der Waals surface area (Å²) in [6.07, 6.45) is -4.54. The van der Waals surface area contributed by atoms with E-state index in [9.17, 15) is 18.0 Å². The van der Waals surface area contributed by atoms with Crippen molar-refractivity contribution < 1.29 is 22.7 Å². The molecule has 4 aromatic rings. The molecular formula is C23H16F3N3O2S. The number of halogens is 3. The van der Waals surface area contributed by atoms with Crippen LogP contribution in [-0.2, 0) is 6.18 Å². The van der Waals surface area contributed by atoms with Gasteiger partial charge in [-0.15, -0.1) is 0 Å². The highest BCUT2D eigenvalue weighted by molar-refractivity contribution is 7.18. The second kappa shape index (κ2) is 8.72. The molecule has 0 aliphatic heterocycles. The number of para-hydroxylation sites is 1. The molecule has 162 valence electrons. The molecule has 0 bridgehead atoms. The van der Waals surface area contributed by atoms with Gasteiger partial charge in [-0.2, -0.15) is 13.2 Å². The monoisotopic (exact) mass is 455 g/mol. The Morgan fingerprint density at radius 2 is 1.62 bits per heavy atom. The molecule has 4 rings (SSSR count). The van der Waals surface area contributed by atoms with Gasteiger partial charge in [0.2, 0.25) is 5.78 Å². The molecule has 0 atom stereocenters. The Morgan fingerprint density at radius 1 is 0.938 bits per heavy atom. The van der Waals surface area contributed by atoms with Gasteiger partial charge in [0.05, 0.1) is 5.56 Å². The zero-order chi connectivity index (χ0) is 22.7. The molecule has 1 heterocycles. The van der Waals surface area contributed by atoms with Crippen LogP contribution in [0.25, 0.3) is 0 Å². The Hall–Kier alpha value is -3.85. The maximum absolute atomic E-state index is 12.9. The fraction of sp³-hybridized carbons (Fsp3) is 0.0435. The van der Waals surface area contributed by atoms with Crippen LogP contribution in [-0.4, -0.2) is 10.8 Å². The fourth-order valence-electron chi connectivity index (χ4n) is 2.87. The van der Waals surface area contributed by atoms with E-state index in [1.54, 1.807) is 24.3 Å². The van der Waals surface area contributed by atoms with Gasteiger partial charge in [0.15, 0.2) is 5.13 Å². The van der Waals surface area contributed by atoms with Gasteiger partial charge in [0.25, 0.3) is 0 Å². The maximum Gasteiger partial charge on any atom is 0.416 e. The number of ether oxygens (including phenoxy) is 1. The summed E-state index contributed by atoms with van der Waals surface area (Å²) in [7, 11) is 0. The highest BCUT2D eigenvalue weighted by Crippen LogP contribution is 2.33. The minimum atomic E-state index is -4.54. The van der Waals surface area contributed by atoms with Gasteiger partial charge >= 0.3 is 6.18 Å². The number of benzene rings is 3. The Morgan fingerprint density at radius 3 is 2.31 bits per heavy atom. The van der Waals surface area contributed by atoms with E-state index < -0.39 is 17.5 Å². The Bertz CT molecular complexity index is 1240. The van der Waals surface area contributed by atoms with E-state index in [1.807, 2.05) is 30.3 Å². The number of carbonyl (C=O) groups is 1. The number of carbonyl (C=O) groups excluding carboxylic acids is 1.